The number of aromatic nitrogens is 6. The van der Waals surface area contributed by atoms with Crippen molar-refractivity contribution in [2.75, 3.05) is 36.3 Å². The Balaban J connectivity index is 2.35. The smallest absolute Gasteiger partial charge is 0.258 e. The molecule has 2 aromatic rings. The largest absolute Gasteiger partial charge is 0.357 e. The monoisotopic (exact) mass is 294 g/mol. The maximum Gasteiger partial charge on any atom is 0.258 e. The van der Waals surface area contributed by atoms with Gasteiger partial charge in [0.2, 0.25) is 11.9 Å². The fraction of sp³-hybridized carbons (Fsp3) is 0.545. The van der Waals surface area contributed by atoms with E-state index in [4.69, 9.17) is 0 Å². The van der Waals surface area contributed by atoms with Gasteiger partial charge in [0.25, 0.3) is 5.95 Å². The summed E-state index contributed by atoms with van der Waals surface area (Å²) in [5.74, 6) is 2.55. The second-order valence-corrected chi connectivity index (χ2v) is 5.18. The van der Waals surface area contributed by atoms with E-state index in [0.29, 0.717) is 23.9 Å². The van der Waals surface area contributed by atoms with Gasteiger partial charge in [-0.2, -0.15) is 36.5 Å². The van der Waals surface area contributed by atoms with Crippen molar-refractivity contribution in [3.05, 3.63) is 12.7 Å². The lowest BCUT2D eigenvalue weighted by molar-refractivity contribution is 0.719. The highest BCUT2D eigenvalue weighted by Crippen LogP contribution is 2.15. The summed E-state index contributed by atoms with van der Waals surface area (Å²) in [5, 5.41) is 6.99. The van der Waals surface area contributed by atoms with E-state index in [0.717, 1.165) is 5.75 Å². The molecule has 0 fully saturated rings. The molecule has 9 heteroatoms. The van der Waals surface area contributed by atoms with E-state index in [9.17, 15) is 0 Å². The Morgan fingerprint density at radius 2 is 2.20 bits per heavy atom. The maximum atomic E-state index is 4.44. The van der Waals surface area contributed by atoms with Gasteiger partial charge >= 0.3 is 0 Å². The minimum absolute atomic E-state index is 0.320. The standard InChI is InChI=1S/C11H18N8S/c1-8(5-20-4)18(3)10-15-9(12-2)16-11(17-10)19-7-13-6-14-19/h6-8H,5H2,1-4H3,(H,12,15,16,17). The van der Waals surface area contributed by atoms with Gasteiger partial charge in [-0.3, -0.25) is 0 Å². The van der Waals surface area contributed by atoms with Crippen LogP contribution in [0.15, 0.2) is 12.7 Å². The van der Waals surface area contributed by atoms with E-state index in [1.165, 1.54) is 11.0 Å². The van der Waals surface area contributed by atoms with Crippen molar-refractivity contribution in [1.82, 2.24) is 29.7 Å². The zero-order valence-corrected chi connectivity index (χ0v) is 12.8. The highest BCUT2D eigenvalue weighted by molar-refractivity contribution is 7.98. The molecule has 2 rings (SSSR count). The molecule has 0 aliphatic carbocycles. The second kappa shape index (κ2) is 6.51. The molecule has 0 saturated heterocycles. The van der Waals surface area contributed by atoms with Crippen LogP contribution in [0.1, 0.15) is 6.92 Å². The third-order valence-electron chi connectivity index (χ3n) is 2.84. The van der Waals surface area contributed by atoms with Gasteiger partial charge in [-0.25, -0.2) is 4.98 Å². The summed E-state index contributed by atoms with van der Waals surface area (Å²) in [6.07, 6.45) is 5.09. The predicted octanol–water partition coefficient (Wildman–Crippen LogP) is 0.682. The molecule has 0 aliphatic rings. The van der Waals surface area contributed by atoms with Gasteiger partial charge in [0.05, 0.1) is 0 Å². The van der Waals surface area contributed by atoms with Gasteiger partial charge in [-0.15, -0.1) is 0 Å². The van der Waals surface area contributed by atoms with Gasteiger partial charge in [0.1, 0.15) is 12.7 Å². The summed E-state index contributed by atoms with van der Waals surface area (Å²) in [6.45, 7) is 2.13. The molecule has 1 atom stereocenters. The van der Waals surface area contributed by atoms with E-state index in [1.807, 2.05) is 11.9 Å². The molecular weight excluding hydrogens is 276 g/mol. The Morgan fingerprint density at radius 1 is 1.40 bits per heavy atom. The highest BCUT2D eigenvalue weighted by Gasteiger charge is 2.15. The topological polar surface area (TPSA) is 84.7 Å². The van der Waals surface area contributed by atoms with Crippen molar-refractivity contribution in [2.24, 2.45) is 0 Å². The Bertz CT molecular complexity index is 543. The van der Waals surface area contributed by atoms with Crippen molar-refractivity contribution in [3.8, 4) is 5.95 Å². The molecule has 0 amide bonds. The number of thioether (sulfide) groups is 1. The zero-order valence-electron chi connectivity index (χ0n) is 12.0. The molecule has 0 aromatic carbocycles. The van der Waals surface area contributed by atoms with Crippen molar-refractivity contribution < 1.29 is 0 Å². The van der Waals surface area contributed by atoms with Crippen LogP contribution in [0.4, 0.5) is 11.9 Å². The quantitative estimate of drug-likeness (QED) is 0.832. The van der Waals surface area contributed by atoms with Gasteiger partial charge in [0.15, 0.2) is 0 Å². The number of nitrogens with one attached hydrogen (secondary N) is 1. The van der Waals surface area contributed by atoms with Crippen LogP contribution in [0.2, 0.25) is 0 Å². The van der Waals surface area contributed by atoms with E-state index in [-0.39, 0.29) is 0 Å². The van der Waals surface area contributed by atoms with E-state index >= 15 is 0 Å². The van der Waals surface area contributed by atoms with Crippen LogP contribution >= 0.6 is 11.8 Å². The van der Waals surface area contributed by atoms with Crippen LogP contribution in [0, 0.1) is 0 Å². The molecule has 0 saturated carbocycles. The van der Waals surface area contributed by atoms with Gasteiger partial charge in [-0.1, -0.05) is 0 Å². The summed E-state index contributed by atoms with van der Waals surface area (Å²) in [4.78, 5) is 19.0. The lowest BCUT2D eigenvalue weighted by Crippen LogP contribution is -2.33. The summed E-state index contributed by atoms with van der Waals surface area (Å²) >= 11 is 1.79. The lowest BCUT2D eigenvalue weighted by atomic mass is 10.3. The van der Waals surface area contributed by atoms with Crippen molar-refractivity contribution in [1.29, 1.82) is 0 Å². The van der Waals surface area contributed by atoms with E-state index < -0.39 is 0 Å². The average molecular weight is 294 g/mol. The summed E-state index contributed by atoms with van der Waals surface area (Å²) in [5.41, 5.74) is 0. The molecule has 0 bridgehead atoms. The second-order valence-electron chi connectivity index (χ2n) is 4.26. The van der Waals surface area contributed by atoms with Gasteiger partial charge in [-0.05, 0) is 13.2 Å². The third kappa shape index (κ3) is 3.16. The van der Waals surface area contributed by atoms with Gasteiger partial charge < -0.3 is 10.2 Å². The molecule has 20 heavy (non-hydrogen) atoms. The Labute approximate surface area is 122 Å². The molecule has 0 spiro atoms. The van der Waals surface area contributed by atoms with Crippen molar-refractivity contribution >= 4 is 23.7 Å². The summed E-state index contributed by atoms with van der Waals surface area (Å²) in [7, 11) is 3.75. The molecular formula is C11H18N8S. The molecule has 8 nitrogen and oxygen atoms in total. The van der Waals surface area contributed by atoms with Crippen LogP contribution in [-0.2, 0) is 0 Å². The van der Waals surface area contributed by atoms with Crippen LogP contribution in [0.5, 0.6) is 0 Å². The molecule has 0 aliphatic heterocycles. The number of hydrogen-bond donors (Lipinski definition) is 1. The molecule has 1 unspecified atom stereocenters. The fourth-order valence-corrected chi connectivity index (χ4v) is 2.29. The highest BCUT2D eigenvalue weighted by atomic mass is 32.2. The first-order valence-corrected chi connectivity index (χ1v) is 7.55. The van der Waals surface area contributed by atoms with Crippen molar-refractivity contribution in [2.45, 2.75) is 13.0 Å². The summed E-state index contributed by atoms with van der Waals surface area (Å²) < 4.78 is 1.51. The van der Waals surface area contributed by atoms with Crippen LogP contribution in [0.25, 0.3) is 5.95 Å². The number of nitrogens with zero attached hydrogens (tertiary/aromatic N) is 7. The SMILES string of the molecule is CNc1nc(N(C)C(C)CSC)nc(-n2cncn2)n1. The predicted molar refractivity (Wildman–Crippen MR) is 80.5 cm³/mol. The molecule has 2 heterocycles. The lowest BCUT2D eigenvalue weighted by Gasteiger charge is -2.24. The van der Waals surface area contributed by atoms with Crippen molar-refractivity contribution in [3.63, 3.8) is 0 Å². The molecule has 2 aromatic heterocycles. The normalized spacial score (nSPS) is 12.2. The molecule has 0 radical (unpaired) electrons. The Morgan fingerprint density at radius 3 is 2.80 bits per heavy atom. The minimum Gasteiger partial charge on any atom is -0.357 e. The van der Waals surface area contributed by atoms with Crippen LogP contribution < -0.4 is 10.2 Å². The first-order chi connectivity index (χ1) is 9.65. The maximum absolute atomic E-state index is 4.44. The third-order valence-corrected chi connectivity index (χ3v) is 3.66. The van der Waals surface area contributed by atoms with E-state index in [1.54, 1.807) is 25.1 Å². The first-order valence-electron chi connectivity index (χ1n) is 6.16. The average Bonchev–Trinajstić information content (AvgIpc) is 3.00. The van der Waals surface area contributed by atoms with E-state index in [2.05, 4.69) is 43.5 Å². The Hall–Kier alpha value is -1.90. The van der Waals surface area contributed by atoms with Crippen LogP contribution in [-0.4, -0.2) is 61.9 Å². The number of hydrogen-bond acceptors (Lipinski definition) is 8. The zero-order chi connectivity index (χ0) is 14.5. The Kier molecular flexibility index (Phi) is 4.72. The fourth-order valence-electron chi connectivity index (χ4n) is 1.59. The first kappa shape index (κ1) is 14.5. The van der Waals surface area contributed by atoms with Gasteiger partial charge in [0, 0.05) is 25.9 Å². The molecule has 1 N–H and O–H groups in total. The molecule has 108 valence electrons. The van der Waals surface area contributed by atoms with Crippen LogP contribution in [0.3, 0.4) is 0 Å². The number of anilines is 2. The number of rotatable bonds is 6. The minimum atomic E-state index is 0.320. The summed E-state index contributed by atoms with van der Waals surface area (Å²) in [6, 6.07) is 0.320.